The molecule has 2 fully saturated rings. The first-order valence-corrected chi connectivity index (χ1v) is 13.0. The minimum atomic E-state index is -1.82. The number of amides is 1. The quantitative estimate of drug-likeness (QED) is 0.447. The maximum Gasteiger partial charge on any atom is 0.414 e. The van der Waals surface area contributed by atoms with Gasteiger partial charge < -0.3 is 20.6 Å². The largest absolute Gasteiger partial charge is 0.507 e. The molecule has 0 spiro atoms. The summed E-state index contributed by atoms with van der Waals surface area (Å²) < 4.78 is 0. The molecular weight excluding hydrogens is 460 g/mol. The fraction of sp³-hybridized carbons (Fsp3) is 0.679. The van der Waals surface area contributed by atoms with Gasteiger partial charge in [-0.3, -0.25) is 9.69 Å². The number of aromatic hydroxyl groups is 1. The monoisotopic (exact) mass is 504 g/mol. The summed E-state index contributed by atoms with van der Waals surface area (Å²) in [5.41, 5.74) is 3.10. The van der Waals surface area contributed by atoms with Gasteiger partial charge in [0.05, 0.1) is 0 Å². The van der Waals surface area contributed by atoms with Gasteiger partial charge in [-0.1, -0.05) is 66.5 Å². The first-order valence-electron chi connectivity index (χ1n) is 13.0. The molecule has 1 heterocycles. The zero-order valence-electron chi connectivity index (χ0n) is 22.7. The fourth-order valence-electron chi connectivity index (χ4n) is 4.93. The number of phenolic OH excluding ortho intramolecular Hbond substituents is 1. The van der Waals surface area contributed by atoms with Gasteiger partial charge in [-0.15, -0.1) is 0 Å². The number of nitrogens with zero attached hydrogens (tertiary/aromatic N) is 1. The van der Waals surface area contributed by atoms with Crippen LogP contribution in [0.1, 0.15) is 96.8 Å². The van der Waals surface area contributed by atoms with Gasteiger partial charge in [-0.05, 0) is 66.3 Å². The number of benzene rings is 1. The van der Waals surface area contributed by atoms with Crippen LogP contribution in [0.2, 0.25) is 0 Å². The van der Waals surface area contributed by atoms with Gasteiger partial charge in [0.25, 0.3) is 0 Å². The van der Waals surface area contributed by atoms with E-state index in [0.717, 1.165) is 56.4 Å². The molecule has 0 radical (unpaired) electrons. The molecule has 0 aromatic heterocycles. The molecule has 8 nitrogen and oxygen atoms in total. The number of carbonyl (C=O) groups is 3. The minimum Gasteiger partial charge on any atom is -0.507 e. The van der Waals surface area contributed by atoms with Crippen LogP contribution in [0.25, 0.3) is 0 Å². The van der Waals surface area contributed by atoms with Crippen LogP contribution in [0.3, 0.4) is 0 Å². The second-order valence-corrected chi connectivity index (χ2v) is 12.2. The van der Waals surface area contributed by atoms with E-state index in [4.69, 9.17) is 19.8 Å². The Morgan fingerprint density at radius 3 is 1.69 bits per heavy atom. The first kappa shape index (κ1) is 29.6. The van der Waals surface area contributed by atoms with Crippen molar-refractivity contribution in [3.05, 3.63) is 28.8 Å². The number of nitrogens with one attached hydrogen (secondary N) is 1. The highest BCUT2D eigenvalue weighted by molar-refractivity contribution is 6.27. The maximum absolute atomic E-state index is 12.6. The molecule has 1 aromatic carbocycles. The van der Waals surface area contributed by atoms with Gasteiger partial charge in [-0.2, -0.15) is 0 Å². The Hall–Kier alpha value is -2.61. The maximum atomic E-state index is 12.6. The van der Waals surface area contributed by atoms with Gasteiger partial charge in [-0.25, -0.2) is 9.59 Å². The number of aliphatic carboxylic acids is 2. The van der Waals surface area contributed by atoms with Crippen molar-refractivity contribution in [1.82, 2.24) is 10.2 Å². The summed E-state index contributed by atoms with van der Waals surface area (Å²) in [7, 11) is 0. The van der Waals surface area contributed by atoms with Crippen LogP contribution in [0, 0.1) is 5.92 Å². The summed E-state index contributed by atoms with van der Waals surface area (Å²) in [6, 6.07) is 4.78. The number of carboxylic acids is 2. The van der Waals surface area contributed by atoms with Crippen LogP contribution in [-0.2, 0) is 31.8 Å². The molecule has 1 aliphatic carbocycles. The molecular formula is C28H44N2O6. The summed E-state index contributed by atoms with van der Waals surface area (Å²) in [5, 5.41) is 29.0. The van der Waals surface area contributed by atoms with Gasteiger partial charge >= 0.3 is 11.9 Å². The molecule has 1 aliphatic heterocycles. The number of piperidine rings is 1. The molecule has 1 saturated carbocycles. The molecule has 1 amide bonds. The highest BCUT2D eigenvalue weighted by Gasteiger charge is 2.29. The van der Waals surface area contributed by atoms with Crippen LogP contribution in [0.5, 0.6) is 5.75 Å². The van der Waals surface area contributed by atoms with E-state index in [9.17, 15) is 9.90 Å². The average molecular weight is 505 g/mol. The van der Waals surface area contributed by atoms with Crippen LogP contribution < -0.4 is 5.32 Å². The van der Waals surface area contributed by atoms with Gasteiger partial charge in [0, 0.05) is 18.5 Å². The SMILES string of the molecule is CC(C)(C)c1cc(CN2CCC(C(=O)NC3CCCC3)CC2)cc(C(C)(C)C)c1O.O=C(O)C(=O)O. The van der Waals surface area contributed by atoms with Gasteiger partial charge in [0.2, 0.25) is 5.91 Å². The Morgan fingerprint density at radius 2 is 1.31 bits per heavy atom. The number of hydrogen-bond donors (Lipinski definition) is 4. The number of carboxylic acid groups (broad SMARTS) is 2. The predicted molar refractivity (Wildman–Crippen MR) is 139 cm³/mol. The zero-order chi connectivity index (χ0) is 27.3. The van der Waals surface area contributed by atoms with Gasteiger partial charge in [0.15, 0.2) is 0 Å². The Kier molecular flexibility index (Phi) is 9.94. The van der Waals surface area contributed by atoms with Crippen molar-refractivity contribution in [3.63, 3.8) is 0 Å². The number of hydrogen-bond acceptors (Lipinski definition) is 5. The van der Waals surface area contributed by atoms with E-state index in [1.807, 2.05) is 0 Å². The number of phenols is 1. The molecule has 202 valence electrons. The van der Waals surface area contributed by atoms with E-state index in [1.54, 1.807) is 0 Å². The van der Waals surface area contributed by atoms with Crippen LogP contribution in [0.15, 0.2) is 12.1 Å². The number of likely N-dealkylation sites (tertiary alicyclic amines) is 1. The zero-order valence-corrected chi connectivity index (χ0v) is 22.7. The van der Waals surface area contributed by atoms with E-state index in [1.165, 1.54) is 18.4 Å². The Bertz CT molecular complexity index is 883. The van der Waals surface area contributed by atoms with Crippen molar-refractivity contribution >= 4 is 17.8 Å². The molecule has 36 heavy (non-hydrogen) atoms. The van der Waals surface area contributed by atoms with Crippen molar-refractivity contribution in [2.24, 2.45) is 5.92 Å². The lowest BCUT2D eigenvalue weighted by atomic mass is 9.78. The summed E-state index contributed by atoms with van der Waals surface area (Å²) >= 11 is 0. The van der Waals surface area contributed by atoms with Crippen molar-refractivity contribution < 1.29 is 29.7 Å². The lowest BCUT2D eigenvalue weighted by molar-refractivity contribution is -0.159. The molecule has 2 aliphatic rings. The molecule has 1 aromatic rings. The number of carbonyl (C=O) groups excluding carboxylic acids is 1. The third-order valence-electron chi connectivity index (χ3n) is 7.03. The number of rotatable bonds is 4. The summed E-state index contributed by atoms with van der Waals surface area (Å²) in [6.45, 7) is 15.8. The molecule has 3 rings (SSSR count). The van der Waals surface area contributed by atoms with Crippen LogP contribution in [0.4, 0.5) is 0 Å². The Labute approximate surface area is 215 Å². The van der Waals surface area contributed by atoms with E-state index in [0.29, 0.717) is 11.8 Å². The fourth-order valence-corrected chi connectivity index (χ4v) is 4.93. The van der Waals surface area contributed by atoms with Crippen LogP contribution in [-0.4, -0.2) is 57.2 Å². The molecule has 1 saturated heterocycles. The third kappa shape index (κ3) is 8.50. The normalized spacial score (nSPS) is 17.8. The van der Waals surface area contributed by atoms with Crippen LogP contribution >= 0.6 is 0 Å². The van der Waals surface area contributed by atoms with E-state index < -0.39 is 11.9 Å². The lowest BCUT2D eigenvalue weighted by Crippen LogP contribution is -2.43. The van der Waals surface area contributed by atoms with Gasteiger partial charge in [0.1, 0.15) is 5.75 Å². The first-order chi connectivity index (χ1) is 16.6. The average Bonchev–Trinajstić information content (AvgIpc) is 3.27. The minimum absolute atomic E-state index is 0.106. The smallest absolute Gasteiger partial charge is 0.414 e. The molecule has 0 atom stereocenters. The van der Waals surface area contributed by atoms with Crippen molar-refractivity contribution in [1.29, 1.82) is 0 Å². The van der Waals surface area contributed by atoms with E-state index in [2.05, 4.69) is 63.9 Å². The summed E-state index contributed by atoms with van der Waals surface area (Å²) in [6.07, 6.45) is 6.69. The molecule has 4 N–H and O–H groups in total. The standard InChI is InChI=1S/C26H42N2O2.C2H2O4/c1-25(2,3)21-15-18(16-22(23(21)29)26(4,5)6)17-28-13-11-19(12-14-28)24(30)27-20-9-7-8-10-20;3-1(4)2(5)6/h15-16,19-20,29H,7-14,17H2,1-6H3,(H,27,30);(H,3,4)(H,5,6). The predicted octanol–water partition coefficient (Wildman–Crippen LogP) is 4.41. The Balaban J connectivity index is 0.000000678. The van der Waals surface area contributed by atoms with E-state index in [-0.39, 0.29) is 22.7 Å². The van der Waals surface area contributed by atoms with Crippen molar-refractivity contribution in [2.75, 3.05) is 13.1 Å². The highest BCUT2D eigenvalue weighted by Crippen LogP contribution is 2.40. The molecule has 8 heteroatoms. The third-order valence-corrected chi connectivity index (χ3v) is 7.03. The Morgan fingerprint density at radius 1 is 0.861 bits per heavy atom. The lowest BCUT2D eigenvalue weighted by Gasteiger charge is -2.33. The topological polar surface area (TPSA) is 127 Å². The second kappa shape index (κ2) is 12.1. The molecule has 0 unspecified atom stereocenters. The van der Waals surface area contributed by atoms with Crippen molar-refractivity contribution in [2.45, 2.75) is 103 Å². The summed E-state index contributed by atoms with van der Waals surface area (Å²) in [5.74, 6) is -2.76. The molecule has 0 bridgehead atoms. The highest BCUT2D eigenvalue weighted by atomic mass is 16.4. The van der Waals surface area contributed by atoms with E-state index >= 15 is 0 Å². The second-order valence-electron chi connectivity index (χ2n) is 12.2. The summed E-state index contributed by atoms with van der Waals surface area (Å²) in [4.78, 5) is 33.3. The van der Waals surface area contributed by atoms with Crippen molar-refractivity contribution in [3.8, 4) is 5.75 Å².